The molecule has 2 aromatic heterocycles. The molecule has 128 valence electrons. The van der Waals surface area contributed by atoms with E-state index in [1.165, 1.54) is 24.2 Å². The summed E-state index contributed by atoms with van der Waals surface area (Å²) in [5.41, 5.74) is 1.06. The van der Waals surface area contributed by atoms with Gasteiger partial charge in [-0.15, -0.1) is 11.3 Å². The lowest BCUT2D eigenvalue weighted by atomic mass is 10.2. The van der Waals surface area contributed by atoms with Crippen molar-refractivity contribution in [2.75, 3.05) is 25.0 Å². The number of amides is 2. The summed E-state index contributed by atoms with van der Waals surface area (Å²) >= 11 is 7.42. The molecule has 0 spiro atoms. The van der Waals surface area contributed by atoms with E-state index in [1.807, 2.05) is 24.4 Å². The number of rotatable bonds is 5. The van der Waals surface area contributed by atoms with Gasteiger partial charge in [-0.2, -0.15) is 0 Å². The number of carbonyl (C=O) groups is 1. The van der Waals surface area contributed by atoms with Crippen molar-refractivity contribution < 1.29 is 4.79 Å². The fraction of sp³-hybridized carbons (Fsp3) is 0.412. The van der Waals surface area contributed by atoms with Gasteiger partial charge in [0.2, 0.25) is 0 Å². The number of pyridine rings is 1. The number of halogens is 1. The zero-order valence-electron chi connectivity index (χ0n) is 13.7. The standard InChI is InChI=1S/C17H21ClN4OS/c1-21(12-14-4-5-15(18)24-14)17(23)20-11-13-6-7-19-16(10-13)22-8-2-3-9-22/h4-7,10H,2-3,8-9,11-12H2,1H3,(H,20,23). The highest BCUT2D eigenvalue weighted by atomic mass is 35.5. The van der Waals surface area contributed by atoms with Gasteiger partial charge in [-0.25, -0.2) is 9.78 Å². The van der Waals surface area contributed by atoms with E-state index in [-0.39, 0.29) is 6.03 Å². The molecule has 2 aromatic rings. The second kappa shape index (κ2) is 7.85. The van der Waals surface area contributed by atoms with Crippen molar-refractivity contribution in [3.8, 4) is 0 Å². The lowest BCUT2D eigenvalue weighted by Crippen LogP contribution is -2.36. The number of carbonyl (C=O) groups excluding carboxylic acids is 1. The summed E-state index contributed by atoms with van der Waals surface area (Å²) in [6.45, 7) is 3.18. The first-order valence-electron chi connectivity index (χ1n) is 8.05. The van der Waals surface area contributed by atoms with Crippen molar-refractivity contribution >= 4 is 34.8 Å². The third kappa shape index (κ3) is 4.39. The average molecular weight is 365 g/mol. The molecule has 1 N–H and O–H groups in total. The zero-order chi connectivity index (χ0) is 16.9. The lowest BCUT2D eigenvalue weighted by molar-refractivity contribution is 0.207. The number of thiophene rings is 1. The van der Waals surface area contributed by atoms with E-state index < -0.39 is 0 Å². The summed E-state index contributed by atoms with van der Waals surface area (Å²) in [5.74, 6) is 1.00. The number of anilines is 1. The first-order chi connectivity index (χ1) is 11.6. The van der Waals surface area contributed by atoms with Crippen LogP contribution in [0, 0.1) is 0 Å². The van der Waals surface area contributed by atoms with Gasteiger partial charge < -0.3 is 15.1 Å². The molecule has 1 aliphatic heterocycles. The van der Waals surface area contributed by atoms with Gasteiger partial charge in [-0.3, -0.25) is 0 Å². The van der Waals surface area contributed by atoms with Crippen molar-refractivity contribution in [1.29, 1.82) is 0 Å². The van der Waals surface area contributed by atoms with Crippen LogP contribution in [0.25, 0.3) is 0 Å². The van der Waals surface area contributed by atoms with Crippen molar-refractivity contribution in [1.82, 2.24) is 15.2 Å². The normalized spacial score (nSPS) is 14.0. The molecule has 1 aliphatic rings. The maximum atomic E-state index is 12.2. The fourth-order valence-electron chi connectivity index (χ4n) is 2.74. The Kier molecular flexibility index (Phi) is 5.58. The van der Waals surface area contributed by atoms with Gasteiger partial charge in [0.25, 0.3) is 0 Å². The Morgan fingerprint density at radius 3 is 2.88 bits per heavy atom. The third-order valence-corrected chi connectivity index (χ3v) is 5.27. The first kappa shape index (κ1) is 17.0. The highest BCUT2D eigenvalue weighted by Gasteiger charge is 2.14. The van der Waals surface area contributed by atoms with Crippen molar-refractivity contribution in [2.24, 2.45) is 0 Å². The van der Waals surface area contributed by atoms with E-state index in [0.717, 1.165) is 33.7 Å². The Hall–Kier alpha value is -1.79. The van der Waals surface area contributed by atoms with E-state index in [2.05, 4.69) is 21.3 Å². The molecular weight excluding hydrogens is 344 g/mol. The van der Waals surface area contributed by atoms with Crippen LogP contribution in [0.15, 0.2) is 30.5 Å². The monoisotopic (exact) mass is 364 g/mol. The molecule has 3 rings (SSSR count). The second-order valence-electron chi connectivity index (χ2n) is 5.94. The van der Waals surface area contributed by atoms with Crippen molar-refractivity contribution in [3.63, 3.8) is 0 Å². The second-order valence-corrected chi connectivity index (χ2v) is 7.74. The Morgan fingerprint density at radius 1 is 1.38 bits per heavy atom. The smallest absolute Gasteiger partial charge is 0.317 e. The minimum absolute atomic E-state index is 0.0981. The van der Waals surface area contributed by atoms with Gasteiger partial charge in [0.1, 0.15) is 5.82 Å². The quantitative estimate of drug-likeness (QED) is 0.879. The Morgan fingerprint density at radius 2 is 2.17 bits per heavy atom. The molecule has 1 saturated heterocycles. The van der Waals surface area contributed by atoms with Crippen molar-refractivity contribution in [3.05, 3.63) is 45.2 Å². The van der Waals surface area contributed by atoms with E-state index in [9.17, 15) is 4.79 Å². The SMILES string of the molecule is CN(Cc1ccc(Cl)s1)C(=O)NCc1ccnc(N2CCCC2)c1. The molecule has 0 bridgehead atoms. The minimum Gasteiger partial charge on any atom is -0.357 e. The molecule has 0 atom stereocenters. The van der Waals surface area contributed by atoms with Crippen LogP contribution < -0.4 is 10.2 Å². The molecule has 0 aromatic carbocycles. The zero-order valence-corrected chi connectivity index (χ0v) is 15.2. The van der Waals surface area contributed by atoms with E-state index in [4.69, 9.17) is 11.6 Å². The van der Waals surface area contributed by atoms with Crippen LogP contribution in [0.3, 0.4) is 0 Å². The lowest BCUT2D eigenvalue weighted by Gasteiger charge is -2.19. The number of hydrogen-bond donors (Lipinski definition) is 1. The molecule has 3 heterocycles. The highest BCUT2D eigenvalue weighted by molar-refractivity contribution is 7.16. The predicted octanol–water partition coefficient (Wildman–Crippen LogP) is 3.74. The topological polar surface area (TPSA) is 48.5 Å². The summed E-state index contributed by atoms with van der Waals surface area (Å²) in [4.78, 5) is 21.7. The van der Waals surface area contributed by atoms with Gasteiger partial charge in [0, 0.05) is 37.8 Å². The van der Waals surface area contributed by atoms with Crippen LogP contribution in [-0.2, 0) is 13.1 Å². The highest BCUT2D eigenvalue weighted by Crippen LogP contribution is 2.22. The van der Waals surface area contributed by atoms with Crippen LogP contribution in [0.2, 0.25) is 4.34 Å². The van der Waals surface area contributed by atoms with E-state index >= 15 is 0 Å². The van der Waals surface area contributed by atoms with Crippen molar-refractivity contribution in [2.45, 2.75) is 25.9 Å². The summed E-state index contributed by atoms with van der Waals surface area (Å²) in [6.07, 6.45) is 4.26. The largest absolute Gasteiger partial charge is 0.357 e. The molecule has 0 radical (unpaired) electrons. The van der Waals surface area contributed by atoms with Crippen LogP contribution in [-0.4, -0.2) is 36.1 Å². The molecular formula is C17H21ClN4OS. The van der Waals surface area contributed by atoms with Gasteiger partial charge in [0.05, 0.1) is 10.9 Å². The molecule has 5 nitrogen and oxygen atoms in total. The molecule has 1 fully saturated rings. The minimum atomic E-state index is -0.0981. The average Bonchev–Trinajstić information content (AvgIpc) is 3.25. The van der Waals surface area contributed by atoms with E-state index in [0.29, 0.717) is 13.1 Å². The van der Waals surface area contributed by atoms with Crippen LogP contribution in [0.4, 0.5) is 10.6 Å². The number of nitrogens with one attached hydrogen (secondary N) is 1. The summed E-state index contributed by atoms with van der Waals surface area (Å²) in [5, 5.41) is 2.96. The molecule has 24 heavy (non-hydrogen) atoms. The van der Waals surface area contributed by atoms with Crippen LogP contribution >= 0.6 is 22.9 Å². The molecule has 0 saturated carbocycles. The number of nitrogens with zero attached hydrogens (tertiary/aromatic N) is 3. The predicted molar refractivity (Wildman–Crippen MR) is 98.7 cm³/mol. The Bertz CT molecular complexity index is 699. The molecule has 0 unspecified atom stereocenters. The Labute approximate surface area is 151 Å². The van der Waals surface area contributed by atoms with Gasteiger partial charge >= 0.3 is 6.03 Å². The van der Waals surface area contributed by atoms with Crippen LogP contribution in [0.5, 0.6) is 0 Å². The summed E-state index contributed by atoms with van der Waals surface area (Å²) in [7, 11) is 1.78. The van der Waals surface area contributed by atoms with Gasteiger partial charge in [-0.1, -0.05) is 11.6 Å². The maximum absolute atomic E-state index is 12.2. The van der Waals surface area contributed by atoms with Crippen LogP contribution in [0.1, 0.15) is 23.3 Å². The third-order valence-electron chi connectivity index (χ3n) is 4.05. The van der Waals surface area contributed by atoms with Gasteiger partial charge in [-0.05, 0) is 42.7 Å². The number of hydrogen-bond acceptors (Lipinski definition) is 4. The molecule has 0 aliphatic carbocycles. The fourth-order valence-corrected chi connectivity index (χ4v) is 3.89. The number of urea groups is 1. The first-order valence-corrected chi connectivity index (χ1v) is 9.24. The summed E-state index contributed by atoms with van der Waals surface area (Å²) < 4.78 is 0.741. The van der Waals surface area contributed by atoms with E-state index in [1.54, 1.807) is 11.9 Å². The molecule has 2 amide bonds. The number of aromatic nitrogens is 1. The summed E-state index contributed by atoms with van der Waals surface area (Å²) in [6, 6.07) is 7.70. The van der Waals surface area contributed by atoms with Gasteiger partial charge in [0.15, 0.2) is 0 Å². The maximum Gasteiger partial charge on any atom is 0.317 e. The Balaban J connectivity index is 1.52. The molecule has 7 heteroatoms.